The van der Waals surface area contributed by atoms with Crippen LogP contribution in [0.5, 0.6) is 0 Å². The van der Waals surface area contributed by atoms with Gasteiger partial charge in [0.2, 0.25) is 0 Å². The summed E-state index contributed by atoms with van der Waals surface area (Å²) >= 11 is 0. The largest absolute Gasteiger partial charge is 0.477 e. The molecule has 0 radical (unpaired) electrons. The number of nitro benzene ring substituents is 1. The van der Waals surface area contributed by atoms with E-state index >= 15 is 0 Å². The Morgan fingerprint density at radius 2 is 1.65 bits per heavy atom. The van der Waals surface area contributed by atoms with Crippen LogP contribution < -0.4 is 5.32 Å². The maximum atomic E-state index is 12.0. The molecule has 0 aliphatic carbocycles. The number of aliphatic carboxylic acids is 1. The molecule has 0 unspecified atom stereocenters. The number of nitrogens with one attached hydrogen (secondary N) is 1. The highest BCUT2D eigenvalue weighted by Gasteiger charge is 2.14. The van der Waals surface area contributed by atoms with E-state index in [1.54, 1.807) is 30.3 Å². The first-order valence-corrected chi connectivity index (χ1v) is 6.53. The van der Waals surface area contributed by atoms with Gasteiger partial charge in [-0.05, 0) is 23.8 Å². The molecule has 2 aromatic carbocycles. The van der Waals surface area contributed by atoms with Crippen molar-refractivity contribution in [2.45, 2.75) is 0 Å². The molecule has 116 valence electrons. The number of carbonyl (C=O) groups excluding carboxylic acids is 1. The number of carboxylic acids is 1. The molecular formula is C16H12N2O5. The van der Waals surface area contributed by atoms with E-state index in [4.69, 9.17) is 0 Å². The fourth-order valence-corrected chi connectivity index (χ4v) is 1.80. The summed E-state index contributed by atoms with van der Waals surface area (Å²) in [7, 11) is 0. The van der Waals surface area contributed by atoms with Gasteiger partial charge in [0.25, 0.3) is 11.6 Å². The van der Waals surface area contributed by atoms with Gasteiger partial charge >= 0.3 is 5.97 Å². The quantitative estimate of drug-likeness (QED) is 0.500. The van der Waals surface area contributed by atoms with E-state index in [1.165, 1.54) is 30.3 Å². The number of rotatable bonds is 5. The van der Waals surface area contributed by atoms with Crippen molar-refractivity contribution in [2.75, 3.05) is 0 Å². The minimum absolute atomic E-state index is 0.121. The Bertz CT molecular complexity index is 767. The second kappa shape index (κ2) is 6.99. The summed E-state index contributed by atoms with van der Waals surface area (Å²) in [4.78, 5) is 33.3. The summed E-state index contributed by atoms with van der Waals surface area (Å²) < 4.78 is 0. The molecule has 0 saturated carbocycles. The third-order valence-electron chi connectivity index (χ3n) is 2.93. The summed E-state index contributed by atoms with van der Waals surface area (Å²) in [5, 5.41) is 22.0. The predicted octanol–water partition coefficient (Wildman–Crippen LogP) is 2.45. The summed E-state index contributed by atoms with van der Waals surface area (Å²) in [5.41, 5.74) is 0.295. The first-order valence-electron chi connectivity index (χ1n) is 6.53. The van der Waals surface area contributed by atoms with Crippen LogP contribution in [0, 0.1) is 10.1 Å². The molecular weight excluding hydrogens is 300 g/mol. The lowest BCUT2D eigenvalue weighted by Gasteiger charge is -2.06. The zero-order valence-electron chi connectivity index (χ0n) is 11.8. The van der Waals surface area contributed by atoms with E-state index in [0.29, 0.717) is 5.56 Å². The highest BCUT2D eigenvalue weighted by molar-refractivity contribution is 6.02. The SMILES string of the molecule is O=C(O)/C(=C/c1ccccc1)NC(=O)c1ccc([N+](=O)[O-])cc1. The van der Waals surface area contributed by atoms with Gasteiger partial charge in [0.15, 0.2) is 0 Å². The van der Waals surface area contributed by atoms with E-state index in [2.05, 4.69) is 5.32 Å². The molecule has 2 aromatic rings. The zero-order valence-corrected chi connectivity index (χ0v) is 11.8. The number of carbonyl (C=O) groups is 2. The molecule has 1 amide bonds. The summed E-state index contributed by atoms with van der Waals surface area (Å²) in [6.07, 6.45) is 1.33. The Labute approximate surface area is 131 Å². The van der Waals surface area contributed by atoms with Crippen molar-refractivity contribution in [1.29, 1.82) is 0 Å². The molecule has 0 aliphatic heterocycles. The van der Waals surface area contributed by atoms with Gasteiger partial charge in [-0.25, -0.2) is 4.79 Å². The standard InChI is InChI=1S/C16H12N2O5/c19-15(12-6-8-13(9-7-12)18(22)23)17-14(16(20)21)10-11-4-2-1-3-5-11/h1-10H,(H,17,19)(H,20,21)/b14-10-. The molecule has 7 heteroatoms. The van der Waals surface area contributed by atoms with Gasteiger partial charge < -0.3 is 10.4 Å². The van der Waals surface area contributed by atoms with Crippen molar-refractivity contribution in [3.05, 3.63) is 81.5 Å². The van der Waals surface area contributed by atoms with Crippen LogP contribution in [0.1, 0.15) is 15.9 Å². The first kappa shape index (κ1) is 15.9. The number of hydrogen-bond donors (Lipinski definition) is 2. The van der Waals surface area contributed by atoms with Gasteiger partial charge in [-0.3, -0.25) is 14.9 Å². The fraction of sp³-hybridized carbons (Fsp3) is 0. The van der Waals surface area contributed by atoms with Gasteiger partial charge in [-0.15, -0.1) is 0 Å². The van der Waals surface area contributed by atoms with E-state index in [-0.39, 0.29) is 16.9 Å². The Hall–Kier alpha value is -3.48. The first-order chi connectivity index (χ1) is 11.0. The zero-order chi connectivity index (χ0) is 16.8. The number of hydrogen-bond acceptors (Lipinski definition) is 4. The Morgan fingerprint density at radius 3 is 2.17 bits per heavy atom. The van der Waals surface area contributed by atoms with Gasteiger partial charge in [0, 0.05) is 17.7 Å². The van der Waals surface area contributed by atoms with Crippen LogP contribution in [0.4, 0.5) is 5.69 Å². The third-order valence-corrected chi connectivity index (χ3v) is 2.93. The van der Waals surface area contributed by atoms with Crippen LogP contribution in [-0.4, -0.2) is 21.9 Å². The molecule has 0 fully saturated rings. The lowest BCUT2D eigenvalue weighted by molar-refractivity contribution is -0.384. The van der Waals surface area contributed by atoms with Crippen molar-refractivity contribution in [3.63, 3.8) is 0 Å². The fourth-order valence-electron chi connectivity index (χ4n) is 1.80. The second-order valence-corrected chi connectivity index (χ2v) is 4.53. The van der Waals surface area contributed by atoms with Gasteiger partial charge in [0.1, 0.15) is 5.70 Å². The molecule has 0 aliphatic rings. The topological polar surface area (TPSA) is 110 Å². The number of nitrogens with zero attached hydrogens (tertiary/aromatic N) is 1. The molecule has 0 heterocycles. The van der Waals surface area contributed by atoms with Crippen molar-refractivity contribution < 1.29 is 19.6 Å². The lowest BCUT2D eigenvalue weighted by Crippen LogP contribution is -2.27. The molecule has 0 bridgehead atoms. The molecule has 0 atom stereocenters. The number of carboxylic acid groups (broad SMARTS) is 1. The monoisotopic (exact) mass is 312 g/mol. The number of nitro groups is 1. The van der Waals surface area contributed by atoms with Crippen LogP contribution in [0.2, 0.25) is 0 Å². The third kappa shape index (κ3) is 4.24. The maximum Gasteiger partial charge on any atom is 0.352 e. The summed E-state index contributed by atoms with van der Waals surface area (Å²) in [6.45, 7) is 0. The van der Waals surface area contributed by atoms with Crippen LogP contribution >= 0.6 is 0 Å². The molecule has 2 rings (SSSR count). The number of benzene rings is 2. The normalized spacial score (nSPS) is 10.9. The Kier molecular flexibility index (Phi) is 4.83. The van der Waals surface area contributed by atoms with E-state index in [0.717, 1.165) is 0 Å². The van der Waals surface area contributed by atoms with Gasteiger partial charge in [-0.1, -0.05) is 30.3 Å². The minimum atomic E-state index is -1.29. The van der Waals surface area contributed by atoms with Gasteiger partial charge in [0.05, 0.1) is 4.92 Å². The average Bonchev–Trinajstić information content (AvgIpc) is 2.55. The van der Waals surface area contributed by atoms with Crippen LogP contribution in [-0.2, 0) is 4.79 Å². The van der Waals surface area contributed by atoms with Crippen LogP contribution in [0.3, 0.4) is 0 Å². The molecule has 23 heavy (non-hydrogen) atoms. The average molecular weight is 312 g/mol. The molecule has 7 nitrogen and oxygen atoms in total. The Balaban J connectivity index is 2.20. The number of amides is 1. The molecule has 2 N–H and O–H groups in total. The van der Waals surface area contributed by atoms with E-state index in [1.807, 2.05) is 0 Å². The molecule has 0 spiro atoms. The smallest absolute Gasteiger partial charge is 0.352 e. The number of non-ortho nitro benzene ring substituents is 1. The minimum Gasteiger partial charge on any atom is -0.477 e. The highest BCUT2D eigenvalue weighted by atomic mass is 16.6. The maximum absolute atomic E-state index is 12.0. The van der Waals surface area contributed by atoms with Gasteiger partial charge in [-0.2, -0.15) is 0 Å². The second-order valence-electron chi connectivity index (χ2n) is 4.53. The van der Waals surface area contributed by atoms with Crippen molar-refractivity contribution in [1.82, 2.24) is 5.32 Å². The summed E-state index contributed by atoms with van der Waals surface area (Å²) in [6, 6.07) is 13.5. The van der Waals surface area contributed by atoms with Crippen LogP contribution in [0.25, 0.3) is 6.08 Å². The van der Waals surface area contributed by atoms with Crippen molar-refractivity contribution in [3.8, 4) is 0 Å². The van der Waals surface area contributed by atoms with Crippen molar-refractivity contribution >= 4 is 23.6 Å². The van der Waals surface area contributed by atoms with Crippen LogP contribution in [0.15, 0.2) is 60.3 Å². The van der Waals surface area contributed by atoms with Crippen molar-refractivity contribution in [2.24, 2.45) is 0 Å². The van der Waals surface area contributed by atoms with E-state index in [9.17, 15) is 24.8 Å². The van der Waals surface area contributed by atoms with E-state index < -0.39 is 16.8 Å². The highest BCUT2D eigenvalue weighted by Crippen LogP contribution is 2.12. The predicted molar refractivity (Wildman–Crippen MR) is 82.6 cm³/mol. The lowest BCUT2D eigenvalue weighted by atomic mass is 10.1. The summed E-state index contributed by atoms with van der Waals surface area (Å²) in [5.74, 6) is -1.95. The molecule has 0 aromatic heterocycles. The Morgan fingerprint density at radius 1 is 1.04 bits per heavy atom. The molecule has 0 saturated heterocycles.